The third-order valence-corrected chi connectivity index (χ3v) is 1.25. The van der Waals surface area contributed by atoms with E-state index in [9.17, 15) is 9.59 Å². The van der Waals surface area contributed by atoms with Crippen molar-refractivity contribution >= 4 is 11.9 Å². The topological polar surface area (TPSA) is 52.6 Å². The summed E-state index contributed by atoms with van der Waals surface area (Å²) in [6, 6.07) is 0. The molecule has 0 radical (unpaired) electrons. The molecule has 11 heavy (non-hydrogen) atoms. The molecule has 0 unspecified atom stereocenters. The predicted octanol–water partition coefficient (Wildman–Crippen LogP) is 0.603. The van der Waals surface area contributed by atoms with Gasteiger partial charge in [-0.3, -0.25) is 9.59 Å². The Balaban J connectivity index is 2.70. The van der Waals surface area contributed by atoms with E-state index in [4.69, 9.17) is 9.47 Å². The van der Waals surface area contributed by atoms with E-state index in [2.05, 4.69) is 0 Å². The summed E-state index contributed by atoms with van der Waals surface area (Å²) in [5.41, 5.74) is 0. The molecule has 0 aromatic rings. The van der Waals surface area contributed by atoms with Crippen molar-refractivity contribution in [2.24, 2.45) is 0 Å². The normalized spacial score (nSPS) is 23.5. The minimum absolute atomic E-state index is 0.113. The van der Waals surface area contributed by atoms with E-state index < -0.39 is 5.79 Å². The Morgan fingerprint density at radius 3 is 1.82 bits per heavy atom. The van der Waals surface area contributed by atoms with Crippen molar-refractivity contribution in [1.29, 1.82) is 0 Å². The molecule has 1 saturated heterocycles. The van der Waals surface area contributed by atoms with Crippen LogP contribution in [0.2, 0.25) is 0 Å². The van der Waals surface area contributed by atoms with Crippen molar-refractivity contribution in [2.45, 2.75) is 32.5 Å². The van der Waals surface area contributed by atoms with Gasteiger partial charge in [0.2, 0.25) is 0 Å². The van der Waals surface area contributed by atoms with Crippen molar-refractivity contribution < 1.29 is 19.1 Å². The quantitative estimate of drug-likeness (QED) is 0.484. The number of hydrogen-bond donors (Lipinski definition) is 0. The predicted molar refractivity (Wildman–Crippen MR) is 35.5 cm³/mol. The van der Waals surface area contributed by atoms with Gasteiger partial charge in [-0.05, 0) is 0 Å². The van der Waals surface area contributed by atoms with E-state index in [0.29, 0.717) is 0 Å². The zero-order valence-corrected chi connectivity index (χ0v) is 6.55. The van der Waals surface area contributed by atoms with E-state index in [1.54, 1.807) is 0 Å². The molecule has 1 aliphatic rings. The molecule has 0 N–H and O–H groups in total. The SMILES string of the molecule is CC1(C)OC(=O)CCC(=O)O1. The first-order valence-electron chi connectivity index (χ1n) is 3.43. The van der Waals surface area contributed by atoms with Crippen molar-refractivity contribution in [3.63, 3.8) is 0 Å². The van der Waals surface area contributed by atoms with Gasteiger partial charge in [-0.15, -0.1) is 0 Å². The zero-order valence-electron chi connectivity index (χ0n) is 6.55. The Hall–Kier alpha value is -1.06. The Morgan fingerprint density at radius 1 is 1.09 bits per heavy atom. The largest absolute Gasteiger partial charge is 0.423 e. The second-order valence-electron chi connectivity index (χ2n) is 2.85. The first-order valence-corrected chi connectivity index (χ1v) is 3.43. The lowest BCUT2D eigenvalue weighted by Gasteiger charge is -2.21. The lowest BCUT2D eigenvalue weighted by Crippen LogP contribution is -2.30. The van der Waals surface area contributed by atoms with E-state index >= 15 is 0 Å². The van der Waals surface area contributed by atoms with Crippen LogP contribution in [0.1, 0.15) is 26.7 Å². The van der Waals surface area contributed by atoms with Crippen LogP contribution >= 0.6 is 0 Å². The molecule has 1 heterocycles. The lowest BCUT2D eigenvalue weighted by atomic mass is 10.3. The van der Waals surface area contributed by atoms with Gasteiger partial charge in [0, 0.05) is 13.8 Å². The average molecular weight is 158 g/mol. The maximum atomic E-state index is 10.8. The number of hydrogen-bond acceptors (Lipinski definition) is 4. The molecule has 4 heteroatoms. The van der Waals surface area contributed by atoms with Gasteiger partial charge in [0.05, 0.1) is 12.8 Å². The van der Waals surface area contributed by atoms with E-state index in [-0.39, 0.29) is 24.8 Å². The van der Waals surface area contributed by atoms with Gasteiger partial charge in [-0.2, -0.15) is 0 Å². The number of cyclic esters (lactones) is 2. The van der Waals surface area contributed by atoms with E-state index in [1.165, 1.54) is 13.8 Å². The molecule has 0 bridgehead atoms. The average Bonchev–Trinajstić information content (AvgIpc) is 1.89. The summed E-state index contributed by atoms with van der Waals surface area (Å²) in [6.45, 7) is 3.07. The van der Waals surface area contributed by atoms with E-state index in [1.807, 2.05) is 0 Å². The summed E-state index contributed by atoms with van der Waals surface area (Å²) in [5.74, 6) is -1.87. The van der Waals surface area contributed by atoms with Crippen molar-refractivity contribution in [3.8, 4) is 0 Å². The van der Waals surface area contributed by atoms with Gasteiger partial charge < -0.3 is 9.47 Å². The number of ether oxygens (including phenoxy) is 2. The van der Waals surface area contributed by atoms with Gasteiger partial charge in [0.25, 0.3) is 5.79 Å². The molecule has 0 aliphatic carbocycles. The van der Waals surface area contributed by atoms with Crippen LogP contribution in [0.5, 0.6) is 0 Å². The van der Waals surface area contributed by atoms with Crippen molar-refractivity contribution in [3.05, 3.63) is 0 Å². The number of carbonyl (C=O) groups is 2. The monoisotopic (exact) mass is 158 g/mol. The highest BCUT2D eigenvalue weighted by Crippen LogP contribution is 2.18. The molecule has 0 aromatic carbocycles. The summed E-state index contributed by atoms with van der Waals surface area (Å²) in [7, 11) is 0. The zero-order chi connectivity index (χ0) is 8.48. The molecule has 62 valence electrons. The molecule has 0 spiro atoms. The Bertz CT molecular complexity index is 175. The second-order valence-corrected chi connectivity index (χ2v) is 2.85. The number of esters is 2. The van der Waals surface area contributed by atoms with Crippen LogP contribution in [-0.4, -0.2) is 17.7 Å². The van der Waals surface area contributed by atoms with Crippen LogP contribution in [0.4, 0.5) is 0 Å². The van der Waals surface area contributed by atoms with Gasteiger partial charge in [0.1, 0.15) is 0 Å². The molecule has 0 amide bonds. The second kappa shape index (κ2) is 2.53. The molecular weight excluding hydrogens is 148 g/mol. The summed E-state index contributed by atoms with van der Waals surface area (Å²) < 4.78 is 9.57. The summed E-state index contributed by atoms with van der Waals surface area (Å²) in [5, 5.41) is 0. The fraction of sp³-hybridized carbons (Fsp3) is 0.714. The van der Waals surface area contributed by atoms with Crippen molar-refractivity contribution in [1.82, 2.24) is 0 Å². The van der Waals surface area contributed by atoms with Gasteiger partial charge in [0.15, 0.2) is 0 Å². The highest BCUT2D eigenvalue weighted by molar-refractivity contribution is 5.79. The first-order chi connectivity index (χ1) is 4.99. The standard InChI is InChI=1S/C7H10O4/c1-7(2)10-5(8)3-4-6(9)11-7/h3-4H2,1-2H3. The summed E-state index contributed by atoms with van der Waals surface area (Å²) in [4.78, 5) is 21.6. The van der Waals surface area contributed by atoms with Crippen LogP contribution in [0.25, 0.3) is 0 Å². The highest BCUT2D eigenvalue weighted by Gasteiger charge is 2.30. The Kier molecular flexibility index (Phi) is 1.85. The van der Waals surface area contributed by atoms with E-state index in [0.717, 1.165) is 0 Å². The first kappa shape index (κ1) is 8.04. The third kappa shape index (κ3) is 2.22. The molecule has 1 aliphatic heterocycles. The minimum atomic E-state index is -1.09. The maximum absolute atomic E-state index is 10.8. The molecule has 0 aromatic heterocycles. The smallest absolute Gasteiger partial charge is 0.309 e. The van der Waals surface area contributed by atoms with Gasteiger partial charge in [-0.25, -0.2) is 0 Å². The highest BCUT2D eigenvalue weighted by atomic mass is 16.7. The third-order valence-electron chi connectivity index (χ3n) is 1.25. The Morgan fingerprint density at radius 2 is 1.45 bits per heavy atom. The number of rotatable bonds is 0. The van der Waals surface area contributed by atoms with Crippen LogP contribution in [0, 0.1) is 0 Å². The van der Waals surface area contributed by atoms with Crippen LogP contribution in [-0.2, 0) is 19.1 Å². The van der Waals surface area contributed by atoms with Crippen LogP contribution in [0.15, 0.2) is 0 Å². The fourth-order valence-electron chi connectivity index (χ4n) is 0.875. The van der Waals surface area contributed by atoms with Crippen LogP contribution in [0.3, 0.4) is 0 Å². The van der Waals surface area contributed by atoms with Gasteiger partial charge in [-0.1, -0.05) is 0 Å². The molecule has 1 rings (SSSR count). The van der Waals surface area contributed by atoms with Gasteiger partial charge >= 0.3 is 11.9 Å². The fourth-order valence-corrected chi connectivity index (χ4v) is 0.875. The van der Waals surface area contributed by atoms with Crippen LogP contribution < -0.4 is 0 Å². The molecule has 0 atom stereocenters. The minimum Gasteiger partial charge on any atom is -0.423 e. The molecular formula is C7H10O4. The molecule has 0 saturated carbocycles. The number of carbonyl (C=O) groups excluding carboxylic acids is 2. The Labute approximate surface area is 64.5 Å². The van der Waals surface area contributed by atoms with Crippen molar-refractivity contribution in [2.75, 3.05) is 0 Å². The molecule has 4 nitrogen and oxygen atoms in total. The molecule has 1 fully saturated rings. The summed E-state index contributed by atoms with van der Waals surface area (Å²) >= 11 is 0. The lowest BCUT2D eigenvalue weighted by molar-refractivity contribution is -0.208. The maximum Gasteiger partial charge on any atom is 0.309 e. The summed E-state index contributed by atoms with van der Waals surface area (Å²) in [6.07, 6.45) is 0.227.